The van der Waals surface area contributed by atoms with Crippen molar-refractivity contribution in [3.63, 3.8) is 0 Å². The molecule has 1 aliphatic rings. The van der Waals surface area contributed by atoms with Crippen LogP contribution in [0.25, 0.3) is 0 Å². The van der Waals surface area contributed by atoms with E-state index in [1.807, 2.05) is 0 Å². The van der Waals surface area contributed by atoms with Crippen molar-refractivity contribution in [2.45, 2.75) is 10.5 Å². The van der Waals surface area contributed by atoms with Crippen LogP contribution in [0.5, 0.6) is 0 Å². The van der Waals surface area contributed by atoms with Gasteiger partial charge < -0.3 is 10.4 Å². The molecular weight excluding hydrogens is 214 g/mol. The summed E-state index contributed by atoms with van der Waals surface area (Å²) in [5.74, 6) is 0. The summed E-state index contributed by atoms with van der Waals surface area (Å²) in [4.78, 5) is 0.250. The summed E-state index contributed by atoms with van der Waals surface area (Å²) < 4.78 is 22.6. The van der Waals surface area contributed by atoms with Crippen molar-refractivity contribution in [3.05, 3.63) is 29.8 Å². The quantitative estimate of drug-likeness (QED) is 0.739. The van der Waals surface area contributed by atoms with E-state index in [1.54, 1.807) is 12.1 Å². The predicted octanol–water partition coefficient (Wildman–Crippen LogP) is -0.119. The highest BCUT2D eigenvalue weighted by Crippen LogP contribution is 2.26. The van der Waals surface area contributed by atoms with Gasteiger partial charge in [-0.1, -0.05) is 12.1 Å². The van der Waals surface area contributed by atoms with Crippen molar-refractivity contribution >= 4 is 9.84 Å². The number of β-amino-alcohol motifs (C(OH)–C–C–N with tert-alkyl or cyclic N) is 1. The molecule has 0 radical (unpaired) electrons. The lowest BCUT2D eigenvalue weighted by atomic mass is 9.88. The van der Waals surface area contributed by atoms with E-state index in [0.717, 1.165) is 6.26 Å². The highest BCUT2D eigenvalue weighted by atomic mass is 32.2. The third-order valence-electron chi connectivity index (χ3n) is 2.63. The van der Waals surface area contributed by atoms with Gasteiger partial charge in [-0.05, 0) is 17.7 Å². The molecule has 82 valence electrons. The highest BCUT2D eigenvalue weighted by Gasteiger charge is 2.36. The summed E-state index contributed by atoms with van der Waals surface area (Å²) in [6.45, 7) is 0.945. The van der Waals surface area contributed by atoms with Crippen molar-refractivity contribution in [1.82, 2.24) is 5.32 Å². The lowest BCUT2D eigenvalue weighted by Crippen LogP contribution is -2.56. The standard InChI is InChI=1S/C10H13NO3S/c1-15(13,14)9-4-2-3-8(5-9)10(12)6-11-7-10/h2-5,11-12H,6-7H2,1H3. The molecule has 0 aromatic heterocycles. The molecule has 1 fully saturated rings. The first-order valence-electron chi connectivity index (χ1n) is 4.65. The van der Waals surface area contributed by atoms with Crippen LogP contribution in [0, 0.1) is 0 Å². The minimum absolute atomic E-state index is 0.250. The van der Waals surface area contributed by atoms with Crippen molar-refractivity contribution in [2.75, 3.05) is 19.3 Å². The second kappa shape index (κ2) is 3.30. The molecule has 1 aromatic rings. The molecule has 0 aliphatic carbocycles. The molecule has 0 bridgehead atoms. The van der Waals surface area contributed by atoms with Crippen molar-refractivity contribution in [2.24, 2.45) is 0 Å². The van der Waals surface area contributed by atoms with Gasteiger partial charge in [0.15, 0.2) is 9.84 Å². The zero-order valence-electron chi connectivity index (χ0n) is 8.40. The van der Waals surface area contributed by atoms with Gasteiger partial charge in [0, 0.05) is 19.3 Å². The van der Waals surface area contributed by atoms with E-state index in [4.69, 9.17) is 0 Å². The van der Waals surface area contributed by atoms with Gasteiger partial charge in [0.05, 0.1) is 4.90 Å². The number of aliphatic hydroxyl groups is 1. The largest absolute Gasteiger partial charge is 0.382 e. The number of hydrogen-bond acceptors (Lipinski definition) is 4. The Labute approximate surface area is 88.9 Å². The van der Waals surface area contributed by atoms with Crippen LogP contribution in [-0.2, 0) is 15.4 Å². The molecule has 1 heterocycles. The molecule has 2 N–H and O–H groups in total. The Morgan fingerprint density at radius 3 is 2.53 bits per heavy atom. The molecular formula is C10H13NO3S. The molecule has 5 heteroatoms. The fourth-order valence-corrected chi connectivity index (χ4v) is 2.25. The van der Waals surface area contributed by atoms with E-state index in [9.17, 15) is 13.5 Å². The Balaban J connectivity index is 2.43. The summed E-state index contributed by atoms with van der Waals surface area (Å²) in [5.41, 5.74) is -0.245. The van der Waals surface area contributed by atoms with Gasteiger partial charge in [-0.15, -0.1) is 0 Å². The van der Waals surface area contributed by atoms with Crippen molar-refractivity contribution in [1.29, 1.82) is 0 Å². The zero-order valence-corrected chi connectivity index (χ0v) is 9.21. The van der Waals surface area contributed by atoms with Gasteiger partial charge in [0.2, 0.25) is 0 Å². The predicted molar refractivity (Wildman–Crippen MR) is 56.3 cm³/mol. The third-order valence-corrected chi connectivity index (χ3v) is 3.74. The topological polar surface area (TPSA) is 66.4 Å². The van der Waals surface area contributed by atoms with Gasteiger partial charge in [-0.3, -0.25) is 0 Å². The van der Waals surface area contributed by atoms with E-state index in [-0.39, 0.29) is 4.90 Å². The minimum atomic E-state index is -3.20. The Morgan fingerprint density at radius 1 is 1.40 bits per heavy atom. The molecule has 0 spiro atoms. The van der Waals surface area contributed by atoms with Crippen LogP contribution in [-0.4, -0.2) is 32.9 Å². The summed E-state index contributed by atoms with van der Waals surface area (Å²) in [5, 5.41) is 13.0. The number of rotatable bonds is 2. The smallest absolute Gasteiger partial charge is 0.175 e. The molecule has 0 amide bonds. The third kappa shape index (κ3) is 1.90. The summed E-state index contributed by atoms with van der Waals surface area (Å²) in [7, 11) is -3.20. The summed E-state index contributed by atoms with van der Waals surface area (Å²) in [6, 6.07) is 6.47. The molecule has 1 aromatic carbocycles. The first kappa shape index (κ1) is 10.6. The number of sulfone groups is 1. The number of nitrogens with one attached hydrogen (secondary N) is 1. The molecule has 2 rings (SSSR count). The molecule has 0 atom stereocenters. The van der Waals surface area contributed by atoms with E-state index in [2.05, 4.69) is 5.32 Å². The molecule has 1 saturated heterocycles. The first-order valence-corrected chi connectivity index (χ1v) is 6.55. The Bertz CT molecular complexity index is 477. The van der Waals surface area contributed by atoms with Crippen LogP contribution in [0.4, 0.5) is 0 Å². The van der Waals surface area contributed by atoms with E-state index < -0.39 is 15.4 Å². The maximum Gasteiger partial charge on any atom is 0.175 e. The van der Waals surface area contributed by atoms with Crippen LogP contribution in [0.2, 0.25) is 0 Å². The second-order valence-corrected chi connectivity index (χ2v) is 5.95. The van der Waals surface area contributed by atoms with E-state index in [0.29, 0.717) is 18.7 Å². The number of benzene rings is 1. The number of hydrogen-bond donors (Lipinski definition) is 2. The Hall–Kier alpha value is -0.910. The van der Waals surface area contributed by atoms with Gasteiger partial charge in [-0.25, -0.2) is 8.42 Å². The summed E-state index contributed by atoms with van der Waals surface area (Å²) >= 11 is 0. The van der Waals surface area contributed by atoms with Gasteiger partial charge in [-0.2, -0.15) is 0 Å². The van der Waals surface area contributed by atoms with Crippen molar-refractivity contribution in [3.8, 4) is 0 Å². The molecule has 0 saturated carbocycles. The van der Waals surface area contributed by atoms with Gasteiger partial charge in [0.1, 0.15) is 5.60 Å². The van der Waals surface area contributed by atoms with Crippen LogP contribution < -0.4 is 5.32 Å². The Morgan fingerprint density at radius 2 is 2.07 bits per heavy atom. The summed E-state index contributed by atoms with van der Waals surface area (Å²) in [6.07, 6.45) is 1.16. The van der Waals surface area contributed by atoms with Gasteiger partial charge >= 0.3 is 0 Å². The zero-order chi connectivity index (χ0) is 11.1. The second-order valence-electron chi connectivity index (χ2n) is 3.94. The van der Waals surface area contributed by atoms with Crippen LogP contribution >= 0.6 is 0 Å². The lowest BCUT2D eigenvalue weighted by molar-refractivity contribution is -0.0148. The average molecular weight is 227 g/mol. The minimum Gasteiger partial charge on any atom is -0.382 e. The fraction of sp³-hybridized carbons (Fsp3) is 0.400. The molecule has 0 unspecified atom stereocenters. The fourth-order valence-electron chi connectivity index (χ4n) is 1.58. The monoisotopic (exact) mass is 227 g/mol. The van der Waals surface area contributed by atoms with Crippen molar-refractivity contribution < 1.29 is 13.5 Å². The van der Waals surface area contributed by atoms with Crippen LogP contribution in [0.3, 0.4) is 0 Å². The maximum atomic E-state index is 11.3. The Kier molecular flexibility index (Phi) is 2.33. The average Bonchev–Trinajstić information content (AvgIpc) is 2.13. The SMILES string of the molecule is CS(=O)(=O)c1cccc(C2(O)CNC2)c1. The molecule has 1 aliphatic heterocycles. The molecule has 4 nitrogen and oxygen atoms in total. The lowest BCUT2D eigenvalue weighted by Gasteiger charge is -2.38. The van der Waals surface area contributed by atoms with Crippen LogP contribution in [0.15, 0.2) is 29.2 Å². The van der Waals surface area contributed by atoms with Crippen LogP contribution in [0.1, 0.15) is 5.56 Å². The highest BCUT2D eigenvalue weighted by molar-refractivity contribution is 7.90. The normalized spacial score (nSPS) is 19.6. The first-order chi connectivity index (χ1) is 6.92. The molecule has 15 heavy (non-hydrogen) atoms. The van der Waals surface area contributed by atoms with E-state index >= 15 is 0 Å². The maximum absolute atomic E-state index is 11.3. The van der Waals surface area contributed by atoms with E-state index in [1.165, 1.54) is 12.1 Å². The van der Waals surface area contributed by atoms with Gasteiger partial charge in [0.25, 0.3) is 0 Å².